The molecule has 20 heavy (non-hydrogen) atoms. The highest BCUT2D eigenvalue weighted by molar-refractivity contribution is 5.49. The van der Waals surface area contributed by atoms with Crippen LogP contribution in [-0.4, -0.2) is 9.38 Å². The minimum Gasteiger partial charge on any atom is -0.365 e. The van der Waals surface area contributed by atoms with Crippen molar-refractivity contribution >= 4 is 11.5 Å². The number of aromatic nitrogens is 2. The van der Waals surface area contributed by atoms with E-state index in [-0.39, 0.29) is 5.82 Å². The normalized spacial score (nSPS) is 10.9. The van der Waals surface area contributed by atoms with Crippen molar-refractivity contribution in [3.8, 4) is 0 Å². The number of hydrogen-bond acceptors (Lipinski definition) is 2. The summed E-state index contributed by atoms with van der Waals surface area (Å²) in [6.07, 6.45) is 3.91. The van der Waals surface area contributed by atoms with Crippen LogP contribution in [0.2, 0.25) is 0 Å². The highest BCUT2D eigenvalue weighted by atomic mass is 19.1. The fraction of sp³-hybridized carbons (Fsp3) is 0.188. The predicted molar refractivity (Wildman–Crippen MR) is 78.4 cm³/mol. The van der Waals surface area contributed by atoms with Crippen molar-refractivity contribution in [2.75, 3.05) is 5.32 Å². The van der Waals surface area contributed by atoms with Gasteiger partial charge in [-0.2, -0.15) is 0 Å². The second-order valence-electron chi connectivity index (χ2n) is 4.96. The summed E-state index contributed by atoms with van der Waals surface area (Å²) >= 11 is 0. The van der Waals surface area contributed by atoms with Crippen molar-refractivity contribution in [1.82, 2.24) is 9.38 Å². The van der Waals surface area contributed by atoms with Crippen molar-refractivity contribution in [3.05, 3.63) is 65.2 Å². The number of benzene rings is 1. The van der Waals surface area contributed by atoms with E-state index in [9.17, 15) is 4.39 Å². The summed E-state index contributed by atoms with van der Waals surface area (Å²) in [7, 11) is 0. The first-order valence-corrected chi connectivity index (χ1v) is 6.57. The molecule has 0 atom stereocenters. The van der Waals surface area contributed by atoms with Crippen LogP contribution in [0.5, 0.6) is 0 Å². The predicted octanol–water partition coefficient (Wildman–Crippen LogP) is 3.70. The van der Waals surface area contributed by atoms with Crippen LogP contribution in [-0.2, 0) is 6.54 Å². The molecule has 0 amide bonds. The lowest BCUT2D eigenvalue weighted by Gasteiger charge is -2.10. The van der Waals surface area contributed by atoms with Crippen LogP contribution < -0.4 is 5.32 Å². The van der Waals surface area contributed by atoms with Gasteiger partial charge in [-0.25, -0.2) is 9.37 Å². The number of nitrogens with zero attached hydrogens (tertiary/aromatic N) is 2. The maximum atomic E-state index is 13.3. The number of aryl methyl sites for hydroxylation is 2. The van der Waals surface area contributed by atoms with Gasteiger partial charge in [-0.15, -0.1) is 0 Å². The van der Waals surface area contributed by atoms with E-state index in [1.807, 2.05) is 48.8 Å². The van der Waals surface area contributed by atoms with Gasteiger partial charge in [0.1, 0.15) is 17.3 Å². The minimum atomic E-state index is -0.184. The molecular weight excluding hydrogens is 253 g/mol. The third-order valence-corrected chi connectivity index (χ3v) is 3.47. The first-order chi connectivity index (χ1) is 9.63. The summed E-state index contributed by atoms with van der Waals surface area (Å²) in [5.41, 5.74) is 3.93. The van der Waals surface area contributed by atoms with Gasteiger partial charge >= 0.3 is 0 Å². The van der Waals surface area contributed by atoms with E-state index in [2.05, 4.69) is 10.3 Å². The zero-order chi connectivity index (χ0) is 14.1. The van der Waals surface area contributed by atoms with Crippen molar-refractivity contribution < 1.29 is 4.39 Å². The van der Waals surface area contributed by atoms with Crippen LogP contribution in [0.3, 0.4) is 0 Å². The number of imidazole rings is 1. The second-order valence-corrected chi connectivity index (χ2v) is 4.96. The smallest absolute Gasteiger partial charge is 0.145 e. The van der Waals surface area contributed by atoms with E-state index in [1.165, 1.54) is 0 Å². The van der Waals surface area contributed by atoms with Crippen molar-refractivity contribution in [1.29, 1.82) is 0 Å². The number of hydrogen-bond donors (Lipinski definition) is 1. The molecule has 4 heteroatoms. The Morgan fingerprint density at radius 3 is 2.65 bits per heavy atom. The molecule has 0 aliphatic heterocycles. The zero-order valence-corrected chi connectivity index (χ0v) is 11.5. The van der Waals surface area contributed by atoms with Crippen LogP contribution >= 0.6 is 0 Å². The maximum Gasteiger partial charge on any atom is 0.145 e. The fourth-order valence-electron chi connectivity index (χ4n) is 2.42. The molecule has 3 rings (SSSR count). The second kappa shape index (κ2) is 4.96. The zero-order valence-electron chi connectivity index (χ0n) is 11.5. The van der Waals surface area contributed by atoms with Gasteiger partial charge in [0.2, 0.25) is 0 Å². The molecule has 0 unspecified atom stereocenters. The number of rotatable bonds is 3. The molecule has 0 bridgehead atoms. The summed E-state index contributed by atoms with van der Waals surface area (Å²) in [6, 6.07) is 9.01. The molecule has 2 aromatic heterocycles. The molecule has 102 valence electrons. The van der Waals surface area contributed by atoms with Crippen molar-refractivity contribution in [2.24, 2.45) is 0 Å². The number of fused-ring (bicyclic) bond motifs is 1. The molecule has 0 spiro atoms. The quantitative estimate of drug-likeness (QED) is 0.785. The number of anilines is 1. The SMILES string of the molecule is Cc1cc(F)cc(C)c1CNc1cn2ccccc2n1. The number of nitrogens with one attached hydrogen (secondary N) is 1. The average molecular weight is 269 g/mol. The highest BCUT2D eigenvalue weighted by Gasteiger charge is 2.06. The Morgan fingerprint density at radius 2 is 1.95 bits per heavy atom. The van der Waals surface area contributed by atoms with Gasteiger partial charge in [0.15, 0.2) is 0 Å². The summed E-state index contributed by atoms with van der Waals surface area (Å²) in [5, 5.41) is 3.30. The Labute approximate surface area is 117 Å². The van der Waals surface area contributed by atoms with Crippen LogP contribution in [0.15, 0.2) is 42.7 Å². The molecular formula is C16H16FN3. The fourth-order valence-corrected chi connectivity index (χ4v) is 2.42. The molecule has 0 aliphatic carbocycles. The molecule has 0 fully saturated rings. The Hall–Kier alpha value is -2.36. The standard InChI is InChI=1S/C16H16FN3/c1-11-7-13(17)8-12(2)14(11)9-18-15-10-20-6-4-3-5-16(20)19-15/h3-8,10,18H,9H2,1-2H3. The van der Waals surface area contributed by atoms with Gasteiger partial charge in [-0.3, -0.25) is 0 Å². The molecule has 1 N–H and O–H groups in total. The van der Waals surface area contributed by atoms with Gasteiger partial charge in [-0.1, -0.05) is 6.07 Å². The van der Waals surface area contributed by atoms with E-state index < -0.39 is 0 Å². The number of halogens is 1. The number of pyridine rings is 1. The average Bonchev–Trinajstić information content (AvgIpc) is 2.80. The Kier molecular flexibility index (Phi) is 3.14. The molecule has 3 aromatic rings. The van der Waals surface area contributed by atoms with Crippen LogP contribution in [0.25, 0.3) is 5.65 Å². The van der Waals surface area contributed by atoms with Gasteiger partial charge in [0.05, 0.1) is 6.20 Å². The highest BCUT2D eigenvalue weighted by Crippen LogP contribution is 2.18. The van der Waals surface area contributed by atoms with Crippen LogP contribution in [0.4, 0.5) is 10.2 Å². The van der Waals surface area contributed by atoms with Gasteiger partial charge in [0, 0.05) is 12.7 Å². The Morgan fingerprint density at radius 1 is 1.20 bits per heavy atom. The molecule has 3 nitrogen and oxygen atoms in total. The van der Waals surface area contributed by atoms with E-state index in [0.29, 0.717) is 6.54 Å². The van der Waals surface area contributed by atoms with Crippen LogP contribution in [0, 0.1) is 19.7 Å². The van der Waals surface area contributed by atoms with Gasteiger partial charge < -0.3 is 9.72 Å². The van der Waals surface area contributed by atoms with E-state index in [0.717, 1.165) is 28.2 Å². The Balaban J connectivity index is 1.83. The molecule has 2 heterocycles. The first kappa shape index (κ1) is 12.7. The molecule has 0 saturated heterocycles. The molecule has 0 radical (unpaired) electrons. The summed E-state index contributed by atoms with van der Waals surface area (Å²) in [6.45, 7) is 4.50. The lowest BCUT2D eigenvalue weighted by molar-refractivity contribution is 0.624. The van der Waals surface area contributed by atoms with Crippen LogP contribution in [0.1, 0.15) is 16.7 Å². The first-order valence-electron chi connectivity index (χ1n) is 6.57. The van der Waals surface area contributed by atoms with Gasteiger partial charge in [-0.05, 0) is 54.8 Å². The minimum absolute atomic E-state index is 0.184. The lowest BCUT2D eigenvalue weighted by Crippen LogP contribution is -2.04. The van der Waals surface area contributed by atoms with Crippen molar-refractivity contribution in [2.45, 2.75) is 20.4 Å². The largest absolute Gasteiger partial charge is 0.365 e. The lowest BCUT2D eigenvalue weighted by atomic mass is 10.0. The third-order valence-electron chi connectivity index (χ3n) is 3.47. The maximum absolute atomic E-state index is 13.3. The summed E-state index contributed by atoms with van der Waals surface area (Å²) < 4.78 is 15.2. The Bertz CT molecular complexity index is 705. The van der Waals surface area contributed by atoms with Crippen molar-refractivity contribution in [3.63, 3.8) is 0 Å². The molecule has 1 aromatic carbocycles. The van der Waals surface area contributed by atoms with Gasteiger partial charge in [0.25, 0.3) is 0 Å². The van der Waals surface area contributed by atoms with E-state index in [4.69, 9.17) is 0 Å². The monoisotopic (exact) mass is 269 g/mol. The summed E-state index contributed by atoms with van der Waals surface area (Å²) in [4.78, 5) is 4.48. The summed E-state index contributed by atoms with van der Waals surface area (Å²) in [5.74, 6) is 0.635. The van der Waals surface area contributed by atoms with E-state index >= 15 is 0 Å². The molecule has 0 saturated carbocycles. The third kappa shape index (κ3) is 2.37. The topological polar surface area (TPSA) is 29.3 Å². The molecule has 0 aliphatic rings. The van der Waals surface area contributed by atoms with E-state index in [1.54, 1.807) is 12.1 Å².